The van der Waals surface area contributed by atoms with E-state index in [2.05, 4.69) is 10.6 Å². The molecule has 9 heteroatoms. The van der Waals surface area contributed by atoms with E-state index < -0.39 is 34.9 Å². The zero-order valence-electron chi connectivity index (χ0n) is 11.8. The van der Waals surface area contributed by atoms with Crippen LogP contribution in [0.2, 0.25) is 0 Å². The Morgan fingerprint density at radius 1 is 1.38 bits per heavy atom. The smallest absolute Gasteiger partial charge is 0.332 e. The van der Waals surface area contributed by atoms with Crippen LogP contribution < -0.4 is 10.6 Å². The van der Waals surface area contributed by atoms with Gasteiger partial charge in [0.1, 0.15) is 12.1 Å². The molecule has 0 aliphatic carbocycles. The lowest BCUT2D eigenvalue weighted by molar-refractivity contribution is -0.144. The monoisotopic (exact) mass is 299 g/mol. The average Bonchev–Trinajstić information content (AvgIpc) is 2.83. The molecule has 2 aliphatic rings. The molecule has 2 rings (SSSR count). The molecule has 2 fully saturated rings. The van der Waals surface area contributed by atoms with Gasteiger partial charge in [-0.25, -0.2) is 9.59 Å². The molecule has 4 amide bonds. The highest BCUT2D eigenvalue weighted by Crippen LogP contribution is 2.23. The molecule has 9 nitrogen and oxygen atoms in total. The first kappa shape index (κ1) is 15.2. The number of hydrogen-bond acceptors (Lipinski definition) is 5. The van der Waals surface area contributed by atoms with Gasteiger partial charge in [-0.05, 0) is 13.8 Å². The molecule has 2 aliphatic heterocycles. The number of carbonyl (C=O) groups is 4. The van der Waals surface area contributed by atoms with Crippen LogP contribution in [0.3, 0.4) is 0 Å². The van der Waals surface area contributed by atoms with E-state index in [1.165, 1.54) is 13.8 Å². The summed E-state index contributed by atoms with van der Waals surface area (Å²) in [6.07, 6.45) is 0.127. The fourth-order valence-electron chi connectivity index (χ4n) is 2.27. The number of carboxylic acids is 1. The van der Waals surface area contributed by atoms with Gasteiger partial charge in [0, 0.05) is 13.0 Å². The largest absolute Gasteiger partial charge is 0.479 e. The first-order valence-electron chi connectivity index (χ1n) is 6.44. The quantitative estimate of drug-likeness (QED) is 0.543. The third-order valence-electron chi connectivity index (χ3n) is 3.81. The predicted octanol–water partition coefficient (Wildman–Crippen LogP) is -1.32. The minimum absolute atomic E-state index is 0.127. The van der Waals surface area contributed by atoms with Crippen molar-refractivity contribution in [3.8, 4) is 0 Å². The molecular formula is C12H17N3O6. The molecule has 0 saturated carbocycles. The third kappa shape index (κ3) is 2.56. The van der Waals surface area contributed by atoms with Crippen LogP contribution in [-0.4, -0.2) is 64.7 Å². The second kappa shape index (κ2) is 4.99. The van der Waals surface area contributed by atoms with Crippen molar-refractivity contribution in [3.63, 3.8) is 0 Å². The predicted molar refractivity (Wildman–Crippen MR) is 68.3 cm³/mol. The first-order valence-corrected chi connectivity index (χ1v) is 6.44. The summed E-state index contributed by atoms with van der Waals surface area (Å²) in [5, 5.41) is 13.8. The van der Waals surface area contributed by atoms with Gasteiger partial charge in [-0.15, -0.1) is 0 Å². The van der Waals surface area contributed by atoms with Crippen molar-refractivity contribution in [1.82, 2.24) is 15.5 Å². The van der Waals surface area contributed by atoms with E-state index in [1.54, 1.807) is 0 Å². The van der Waals surface area contributed by atoms with Crippen molar-refractivity contribution in [2.75, 3.05) is 19.8 Å². The van der Waals surface area contributed by atoms with Crippen molar-refractivity contribution in [2.24, 2.45) is 0 Å². The van der Waals surface area contributed by atoms with Crippen LogP contribution in [0.4, 0.5) is 4.79 Å². The summed E-state index contributed by atoms with van der Waals surface area (Å²) in [5.74, 6) is -2.43. The topological polar surface area (TPSA) is 125 Å². The molecule has 21 heavy (non-hydrogen) atoms. The highest BCUT2D eigenvalue weighted by Gasteiger charge is 2.49. The lowest BCUT2D eigenvalue weighted by Crippen LogP contribution is -2.69. The summed E-state index contributed by atoms with van der Waals surface area (Å²) in [7, 11) is 0. The van der Waals surface area contributed by atoms with Gasteiger partial charge < -0.3 is 20.1 Å². The molecule has 1 atom stereocenters. The summed E-state index contributed by atoms with van der Waals surface area (Å²) >= 11 is 0. The molecule has 0 aromatic rings. The normalized spacial score (nSPS) is 28.2. The lowest BCUT2D eigenvalue weighted by Gasteiger charge is -2.41. The Labute approximate surface area is 120 Å². The fraction of sp³-hybridized carbons (Fsp3) is 0.667. The fourth-order valence-corrected chi connectivity index (χ4v) is 2.27. The molecule has 2 saturated heterocycles. The zero-order chi connectivity index (χ0) is 15.8. The number of carbonyl (C=O) groups excluding carboxylic acids is 3. The van der Waals surface area contributed by atoms with E-state index >= 15 is 0 Å². The van der Waals surface area contributed by atoms with Gasteiger partial charge in [-0.1, -0.05) is 0 Å². The number of rotatable bonds is 2. The van der Waals surface area contributed by atoms with Crippen molar-refractivity contribution in [2.45, 2.75) is 31.3 Å². The van der Waals surface area contributed by atoms with Crippen molar-refractivity contribution < 1.29 is 29.0 Å². The molecule has 116 valence electrons. The van der Waals surface area contributed by atoms with Crippen LogP contribution in [0, 0.1) is 0 Å². The van der Waals surface area contributed by atoms with Gasteiger partial charge in [0.15, 0.2) is 5.54 Å². The zero-order valence-corrected chi connectivity index (χ0v) is 11.8. The number of amides is 4. The lowest BCUT2D eigenvalue weighted by atomic mass is 9.97. The van der Waals surface area contributed by atoms with Crippen LogP contribution in [0.25, 0.3) is 0 Å². The molecule has 0 bridgehead atoms. The van der Waals surface area contributed by atoms with E-state index in [9.17, 15) is 24.3 Å². The van der Waals surface area contributed by atoms with E-state index in [1.807, 2.05) is 0 Å². The first-order chi connectivity index (χ1) is 9.69. The highest BCUT2D eigenvalue weighted by atomic mass is 16.5. The SMILES string of the molecule is CC1(C)C(=O)NC(=O)CN1C(=O)NC1(C(=O)O)CCOC1. The average molecular weight is 299 g/mol. The summed E-state index contributed by atoms with van der Waals surface area (Å²) < 4.78 is 5.04. The van der Waals surface area contributed by atoms with Crippen molar-refractivity contribution >= 4 is 23.8 Å². The number of carboxylic acid groups (broad SMARTS) is 1. The Morgan fingerprint density at radius 2 is 2.05 bits per heavy atom. The molecule has 3 N–H and O–H groups in total. The third-order valence-corrected chi connectivity index (χ3v) is 3.81. The Hall–Kier alpha value is -2.16. The van der Waals surface area contributed by atoms with Crippen molar-refractivity contribution in [3.05, 3.63) is 0 Å². The van der Waals surface area contributed by atoms with Gasteiger partial charge >= 0.3 is 12.0 Å². The summed E-state index contributed by atoms with van der Waals surface area (Å²) in [6.45, 7) is 2.71. The molecule has 0 radical (unpaired) electrons. The number of aliphatic carboxylic acids is 1. The summed E-state index contributed by atoms with van der Waals surface area (Å²) in [5.41, 5.74) is -2.78. The maximum absolute atomic E-state index is 12.3. The van der Waals surface area contributed by atoms with Crippen LogP contribution in [0.15, 0.2) is 0 Å². The maximum atomic E-state index is 12.3. The molecule has 1 unspecified atom stereocenters. The van der Waals surface area contributed by atoms with E-state index in [4.69, 9.17) is 4.74 Å². The summed E-state index contributed by atoms with van der Waals surface area (Å²) in [4.78, 5) is 48.0. The van der Waals surface area contributed by atoms with E-state index in [-0.39, 0.29) is 26.2 Å². The van der Waals surface area contributed by atoms with Gasteiger partial charge in [0.2, 0.25) is 5.91 Å². The minimum atomic E-state index is -1.52. The van der Waals surface area contributed by atoms with E-state index in [0.717, 1.165) is 4.90 Å². The van der Waals surface area contributed by atoms with Gasteiger partial charge in [0.05, 0.1) is 6.61 Å². The standard InChI is InChI=1S/C12H17N3O6/c1-11(2)8(17)13-7(16)5-15(11)10(20)14-12(9(18)19)3-4-21-6-12/h3-6H2,1-2H3,(H,14,20)(H,18,19)(H,13,16,17). The highest BCUT2D eigenvalue weighted by molar-refractivity contribution is 6.06. The molecule has 2 heterocycles. The van der Waals surface area contributed by atoms with Crippen LogP contribution in [0.5, 0.6) is 0 Å². The number of imide groups is 1. The van der Waals surface area contributed by atoms with Crippen molar-refractivity contribution in [1.29, 1.82) is 0 Å². The van der Waals surface area contributed by atoms with E-state index in [0.29, 0.717) is 0 Å². The molecule has 0 spiro atoms. The number of nitrogens with zero attached hydrogens (tertiary/aromatic N) is 1. The Morgan fingerprint density at radius 3 is 2.57 bits per heavy atom. The number of nitrogens with one attached hydrogen (secondary N) is 2. The molecular weight excluding hydrogens is 282 g/mol. The van der Waals surface area contributed by atoms with Crippen LogP contribution >= 0.6 is 0 Å². The Bertz CT molecular complexity index is 509. The minimum Gasteiger partial charge on any atom is -0.479 e. The van der Waals surface area contributed by atoms with Gasteiger partial charge in [0.25, 0.3) is 5.91 Å². The molecule has 0 aromatic carbocycles. The number of piperazine rings is 1. The summed E-state index contributed by atoms with van der Waals surface area (Å²) in [6, 6.07) is -0.781. The Balaban J connectivity index is 2.20. The van der Waals surface area contributed by atoms with Gasteiger partial charge in [-0.2, -0.15) is 0 Å². The van der Waals surface area contributed by atoms with Gasteiger partial charge in [-0.3, -0.25) is 14.9 Å². The molecule has 0 aromatic heterocycles. The number of urea groups is 1. The maximum Gasteiger partial charge on any atom is 0.332 e. The number of ether oxygens (including phenoxy) is 1. The number of hydrogen-bond donors (Lipinski definition) is 3. The van der Waals surface area contributed by atoms with Crippen LogP contribution in [-0.2, 0) is 19.1 Å². The second-order valence-corrected chi connectivity index (χ2v) is 5.64. The van der Waals surface area contributed by atoms with Crippen LogP contribution in [0.1, 0.15) is 20.3 Å². The second-order valence-electron chi connectivity index (χ2n) is 5.64. The Kier molecular flexibility index (Phi) is 3.62.